The third-order valence-electron chi connectivity index (χ3n) is 4.29. The van der Waals surface area contributed by atoms with Crippen LogP contribution in [0, 0.1) is 10.1 Å². The monoisotopic (exact) mass is 476 g/mol. The first-order valence-electron chi connectivity index (χ1n) is 8.87. The van der Waals surface area contributed by atoms with Gasteiger partial charge in [-0.1, -0.05) is 35.3 Å². The fourth-order valence-corrected chi connectivity index (χ4v) is 3.99. The molecule has 11 heteroatoms. The smallest absolute Gasteiger partial charge is 0.282 e. The summed E-state index contributed by atoms with van der Waals surface area (Å²) in [5.74, 6) is 0.744. The summed E-state index contributed by atoms with van der Waals surface area (Å²) >= 11 is 13.6. The van der Waals surface area contributed by atoms with Crippen molar-refractivity contribution in [3.63, 3.8) is 0 Å². The number of hydrogen-bond acceptors (Lipinski definition) is 7. The van der Waals surface area contributed by atoms with Gasteiger partial charge in [-0.3, -0.25) is 15.1 Å². The molecule has 2 heterocycles. The average Bonchev–Trinajstić information content (AvgIpc) is 3.38. The van der Waals surface area contributed by atoms with Crippen molar-refractivity contribution in [3.05, 3.63) is 78.9 Å². The molecule has 8 nitrogen and oxygen atoms in total. The molecule has 0 atom stereocenters. The molecule has 4 rings (SSSR count). The van der Waals surface area contributed by atoms with Crippen LogP contribution in [0.3, 0.4) is 0 Å². The number of halogens is 2. The fourth-order valence-electron chi connectivity index (χ4n) is 2.84. The Balaban J connectivity index is 1.83. The lowest BCUT2D eigenvalue weighted by Gasteiger charge is -2.05. The van der Waals surface area contributed by atoms with E-state index in [-0.39, 0.29) is 18.0 Å². The number of fused-ring (bicyclic) bond motifs is 1. The van der Waals surface area contributed by atoms with Crippen LogP contribution in [0.2, 0.25) is 10.0 Å². The van der Waals surface area contributed by atoms with E-state index in [0.29, 0.717) is 38.6 Å². The predicted octanol–water partition coefficient (Wildman–Crippen LogP) is 5.13. The Morgan fingerprint density at radius 2 is 2.00 bits per heavy atom. The van der Waals surface area contributed by atoms with Crippen LogP contribution in [0.4, 0.5) is 5.69 Å². The van der Waals surface area contributed by atoms with E-state index in [0.717, 1.165) is 5.56 Å². The highest BCUT2D eigenvalue weighted by molar-refractivity contribution is 7.07. The summed E-state index contributed by atoms with van der Waals surface area (Å²) in [6, 6.07) is 8.07. The SMILES string of the molecule is C=CCN=c1scc(-c2ccc(Cl)c(Cl)c2)n1N=Cc1cc2c(cc1[N+](=O)[O-])OCO2. The molecule has 0 N–H and O–H groups in total. The van der Waals surface area contributed by atoms with E-state index in [1.54, 1.807) is 22.9 Å². The van der Waals surface area contributed by atoms with Crippen LogP contribution in [0.15, 0.2) is 58.5 Å². The van der Waals surface area contributed by atoms with Gasteiger partial charge in [-0.15, -0.1) is 17.9 Å². The van der Waals surface area contributed by atoms with Gasteiger partial charge in [0, 0.05) is 10.9 Å². The second-order valence-corrected chi connectivity index (χ2v) is 7.89. The standard InChI is InChI=1S/C20H14Cl2N4O4S/c1-2-5-23-20-25(17(10-31-20)12-3-4-14(21)15(22)6-12)24-9-13-7-18-19(30-11-29-18)8-16(13)26(27)28/h2-4,6-10H,1,5,11H2. The molecule has 0 radical (unpaired) electrons. The lowest BCUT2D eigenvalue weighted by Crippen LogP contribution is -2.12. The minimum absolute atomic E-state index is 0.0123. The van der Waals surface area contributed by atoms with Crippen LogP contribution < -0.4 is 14.3 Å². The number of hydrogen-bond donors (Lipinski definition) is 0. The van der Waals surface area contributed by atoms with Crippen molar-refractivity contribution in [2.45, 2.75) is 0 Å². The van der Waals surface area contributed by atoms with Crippen LogP contribution in [-0.2, 0) is 0 Å². The van der Waals surface area contributed by atoms with Crippen molar-refractivity contribution in [1.82, 2.24) is 4.68 Å². The Kier molecular flexibility index (Phi) is 6.08. The van der Waals surface area contributed by atoms with Crippen LogP contribution in [0.1, 0.15) is 5.56 Å². The third-order valence-corrected chi connectivity index (χ3v) is 5.88. The second kappa shape index (κ2) is 8.93. The number of thiazole rings is 1. The van der Waals surface area contributed by atoms with Gasteiger partial charge >= 0.3 is 0 Å². The van der Waals surface area contributed by atoms with E-state index in [1.807, 2.05) is 11.4 Å². The summed E-state index contributed by atoms with van der Waals surface area (Å²) in [5, 5.41) is 18.7. The first-order chi connectivity index (χ1) is 15.0. The van der Waals surface area contributed by atoms with Crippen molar-refractivity contribution in [2.24, 2.45) is 10.1 Å². The number of nitrogens with zero attached hydrogens (tertiary/aromatic N) is 4. The highest BCUT2D eigenvalue weighted by Crippen LogP contribution is 2.37. The Hall–Kier alpha value is -3.14. The van der Waals surface area contributed by atoms with Crippen molar-refractivity contribution >= 4 is 46.4 Å². The summed E-state index contributed by atoms with van der Waals surface area (Å²) in [4.78, 5) is 16.1. The lowest BCUT2D eigenvalue weighted by molar-refractivity contribution is -0.385. The normalized spacial score (nSPS) is 13.2. The lowest BCUT2D eigenvalue weighted by atomic mass is 10.1. The van der Waals surface area contributed by atoms with Crippen molar-refractivity contribution in [2.75, 3.05) is 13.3 Å². The van der Waals surface area contributed by atoms with Crippen molar-refractivity contribution in [1.29, 1.82) is 0 Å². The molecule has 158 valence electrons. The third kappa shape index (κ3) is 4.34. The molecule has 1 aliphatic heterocycles. The Bertz CT molecular complexity index is 1280. The molecule has 1 aliphatic rings. The van der Waals surface area contributed by atoms with E-state index in [9.17, 15) is 10.1 Å². The predicted molar refractivity (Wildman–Crippen MR) is 121 cm³/mol. The maximum Gasteiger partial charge on any atom is 0.282 e. The molecule has 2 aromatic carbocycles. The Labute approximate surface area is 190 Å². The molecule has 0 unspecified atom stereocenters. The van der Waals surface area contributed by atoms with Crippen LogP contribution in [0.5, 0.6) is 11.5 Å². The highest BCUT2D eigenvalue weighted by atomic mass is 35.5. The van der Waals surface area contributed by atoms with Gasteiger partial charge in [-0.25, -0.2) is 4.68 Å². The van der Waals surface area contributed by atoms with Crippen molar-refractivity contribution in [3.8, 4) is 22.8 Å². The molecule has 0 fully saturated rings. The van der Waals surface area contributed by atoms with Crippen LogP contribution in [0.25, 0.3) is 11.3 Å². The zero-order chi connectivity index (χ0) is 22.0. The summed E-state index contributed by atoms with van der Waals surface area (Å²) in [6.45, 7) is 4.08. The summed E-state index contributed by atoms with van der Waals surface area (Å²) < 4.78 is 12.2. The summed E-state index contributed by atoms with van der Waals surface area (Å²) in [7, 11) is 0. The van der Waals surface area contributed by atoms with Gasteiger partial charge in [0.25, 0.3) is 5.69 Å². The number of benzene rings is 2. The Morgan fingerprint density at radius 3 is 2.71 bits per heavy atom. The molecule has 1 aromatic heterocycles. The van der Waals surface area contributed by atoms with Crippen LogP contribution in [-0.4, -0.2) is 29.2 Å². The molecule has 0 saturated heterocycles. The van der Waals surface area contributed by atoms with Gasteiger partial charge in [0.15, 0.2) is 11.5 Å². The molecule has 0 spiro atoms. The zero-order valence-corrected chi connectivity index (χ0v) is 18.2. The number of ether oxygens (including phenoxy) is 2. The molecular formula is C20H14Cl2N4O4S. The number of nitro benzene ring substituents is 1. The highest BCUT2D eigenvalue weighted by Gasteiger charge is 2.22. The van der Waals surface area contributed by atoms with E-state index in [2.05, 4.69) is 16.7 Å². The number of aromatic nitrogens is 1. The minimum Gasteiger partial charge on any atom is -0.454 e. The Morgan fingerprint density at radius 1 is 1.23 bits per heavy atom. The van der Waals surface area contributed by atoms with Crippen molar-refractivity contribution < 1.29 is 14.4 Å². The van der Waals surface area contributed by atoms with Gasteiger partial charge < -0.3 is 9.47 Å². The maximum absolute atomic E-state index is 11.5. The molecule has 0 bridgehead atoms. The number of nitro groups is 1. The summed E-state index contributed by atoms with van der Waals surface area (Å²) in [6.07, 6.45) is 3.05. The zero-order valence-electron chi connectivity index (χ0n) is 15.8. The first-order valence-corrected chi connectivity index (χ1v) is 10.5. The second-order valence-electron chi connectivity index (χ2n) is 6.24. The molecule has 31 heavy (non-hydrogen) atoms. The van der Waals surface area contributed by atoms with E-state index >= 15 is 0 Å². The van der Waals surface area contributed by atoms with Gasteiger partial charge in [0.05, 0.1) is 45.1 Å². The van der Waals surface area contributed by atoms with E-state index in [1.165, 1.54) is 29.7 Å². The largest absolute Gasteiger partial charge is 0.454 e. The molecule has 0 amide bonds. The van der Waals surface area contributed by atoms with Crippen LogP contribution >= 0.6 is 34.5 Å². The topological polar surface area (TPSA) is 91.2 Å². The average molecular weight is 477 g/mol. The first kappa shape index (κ1) is 21.1. The van der Waals surface area contributed by atoms with Gasteiger partial charge in [0.2, 0.25) is 11.6 Å². The maximum atomic E-state index is 11.5. The van der Waals surface area contributed by atoms with Gasteiger partial charge in [-0.2, -0.15) is 5.10 Å². The van der Waals surface area contributed by atoms with E-state index in [4.69, 9.17) is 32.7 Å². The van der Waals surface area contributed by atoms with E-state index < -0.39 is 4.92 Å². The van der Waals surface area contributed by atoms with Gasteiger partial charge in [0.1, 0.15) is 0 Å². The molecule has 3 aromatic rings. The molecule has 0 aliphatic carbocycles. The fraction of sp³-hybridized carbons (Fsp3) is 0.100. The molecular weight excluding hydrogens is 463 g/mol. The quantitative estimate of drug-likeness (QED) is 0.213. The van der Waals surface area contributed by atoms with Gasteiger partial charge in [-0.05, 0) is 18.2 Å². The minimum atomic E-state index is -0.496. The summed E-state index contributed by atoms with van der Waals surface area (Å²) in [5.41, 5.74) is 1.58. The molecule has 0 saturated carbocycles. The number of rotatable bonds is 6.